The molecular formula is C16H34IN. The predicted octanol–water partition coefficient (Wildman–Crippen LogP) is 5.23. The van der Waals surface area contributed by atoms with Gasteiger partial charge in [0.1, 0.15) is 0 Å². The molecule has 0 aromatic heterocycles. The van der Waals surface area contributed by atoms with Crippen LogP contribution in [0.4, 0.5) is 0 Å². The molecule has 3 atom stereocenters. The number of rotatable bonds is 6. The van der Waals surface area contributed by atoms with Crippen molar-refractivity contribution >= 4 is 22.6 Å². The van der Waals surface area contributed by atoms with Crippen LogP contribution < -0.4 is 0 Å². The van der Waals surface area contributed by atoms with Crippen molar-refractivity contribution in [1.29, 1.82) is 0 Å². The highest BCUT2D eigenvalue weighted by molar-refractivity contribution is 14.1. The molecule has 0 bridgehead atoms. The van der Waals surface area contributed by atoms with E-state index in [0.29, 0.717) is 11.0 Å². The first-order valence-electron chi connectivity index (χ1n) is 7.18. The van der Waals surface area contributed by atoms with E-state index in [2.05, 4.69) is 90.1 Å². The number of hydrogen-bond donors (Lipinski definition) is 0. The summed E-state index contributed by atoms with van der Waals surface area (Å²) in [4.78, 5) is 2.35. The summed E-state index contributed by atoms with van der Waals surface area (Å²) in [5, 5.41) is 0. The third-order valence-electron chi connectivity index (χ3n) is 4.05. The largest absolute Gasteiger partial charge is 0.304 e. The van der Waals surface area contributed by atoms with Crippen LogP contribution in [0.1, 0.15) is 61.3 Å². The van der Waals surface area contributed by atoms with Gasteiger partial charge in [0.25, 0.3) is 0 Å². The summed E-state index contributed by atoms with van der Waals surface area (Å²) in [6.07, 6.45) is 2.58. The van der Waals surface area contributed by atoms with Gasteiger partial charge < -0.3 is 4.90 Å². The summed E-state index contributed by atoms with van der Waals surface area (Å²) in [6.45, 7) is 16.6. The van der Waals surface area contributed by atoms with E-state index in [1.165, 1.54) is 12.8 Å². The Hall–Kier alpha value is 0.690. The molecule has 0 fully saturated rings. The molecular weight excluding hydrogens is 333 g/mol. The zero-order valence-corrected chi connectivity index (χ0v) is 16.1. The highest BCUT2D eigenvalue weighted by atomic mass is 127. The molecule has 0 rings (SSSR count). The van der Waals surface area contributed by atoms with E-state index in [9.17, 15) is 0 Å². The van der Waals surface area contributed by atoms with Crippen molar-refractivity contribution in [1.82, 2.24) is 4.90 Å². The van der Waals surface area contributed by atoms with Crippen LogP contribution in [-0.4, -0.2) is 28.5 Å². The molecule has 3 unspecified atom stereocenters. The van der Waals surface area contributed by atoms with E-state index >= 15 is 0 Å². The topological polar surface area (TPSA) is 3.24 Å². The summed E-state index contributed by atoms with van der Waals surface area (Å²) in [5.74, 6) is 1.55. The molecule has 0 radical (unpaired) electrons. The van der Waals surface area contributed by atoms with Crippen LogP contribution in [-0.2, 0) is 0 Å². The van der Waals surface area contributed by atoms with Crippen molar-refractivity contribution in [3.8, 4) is 0 Å². The van der Waals surface area contributed by atoms with E-state index in [-0.39, 0.29) is 0 Å². The van der Waals surface area contributed by atoms with Crippen molar-refractivity contribution in [2.75, 3.05) is 14.1 Å². The number of alkyl halides is 1. The molecule has 0 heterocycles. The summed E-state index contributed by atoms with van der Waals surface area (Å²) in [7, 11) is 4.38. The lowest BCUT2D eigenvalue weighted by atomic mass is 9.79. The van der Waals surface area contributed by atoms with Gasteiger partial charge in [0.2, 0.25) is 0 Å². The monoisotopic (exact) mass is 367 g/mol. The molecule has 2 heteroatoms. The third-order valence-corrected chi connectivity index (χ3v) is 6.51. The molecule has 110 valence electrons. The van der Waals surface area contributed by atoms with Gasteiger partial charge in [0, 0.05) is 9.46 Å². The van der Waals surface area contributed by atoms with Crippen LogP contribution in [0.5, 0.6) is 0 Å². The van der Waals surface area contributed by atoms with Gasteiger partial charge in [-0.05, 0) is 58.0 Å². The van der Waals surface area contributed by atoms with Crippen LogP contribution in [0.15, 0.2) is 0 Å². The van der Waals surface area contributed by atoms with Crippen molar-refractivity contribution in [2.24, 2.45) is 17.3 Å². The van der Waals surface area contributed by atoms with E-state index in [1.807, 2.05) is 0 Å². The first-order chi connectivity index (χ1) is 7.87. The number of halogens is 1. The van der Waals surface area contributed by atoms with Gasteiger partial charge in [0.15, 0.2) is 0 Å². The van der Waals surface area contributed by atoms with Crippen LogP contribution in [0.25, 0.3) is 0 Å². The predicted molar refractivity (Wildman–Crippen MR) is 92.6 cm³/mol. The molecule has 0 aliphatic heterocycles. The smallest absolute Gasteiger partial charge is 0.0162 e. The minimum Gasteiger partial charge on any atom is -0.304 e. The van der Waals surface area contributed by atoms with Crippen LogP contribution in [0, 0.1) is 17.3 Å². The Balaban J connectivity index is 4.47. The molecule has 0 saturated carbocycles. The van der Waals surface area contributed by atoms with Gasteiger partial charge in [0.05, 0.1) is 0 Å². The number of nitrogens with zero attached hydrogens (tertiary/aromatic N) is 1. The number of hydrogen-bond acceptors (Lipinski definition) is 1. The van der Waals surface area contributed by atoms with E-state index < -0.39 is 0 Å². The second kappa shape index (κ2) is 6.92. The van der Waals surface area contributed by atoms with Gasteiger partial charge >= 0.3 is 0 Å². The lowest BCUT2D eigenvalue weighted by Gasteiger charge is -2.38. The fourth-order valence-corrected chi connectivity index (χ4v) is 3.23. The SMILES string of the molecule is CC(CC(C)(C)C)C(I)C(C)CC(C)(C)N(C)C. The Labute approximate surface area is 129 Å². The van der Waals surface area contributed by atoms with Crippen molar-refractivity contribution in [2.45, 2.75) is 70.8 Å². The van der Waals surface area contributed by atoms with Crippen molar-refractivity contribution in [3.05, 3.63) is 0 Å². The Morgan fingerprint density at radius 3 is 1.61 bits per heavy atom. The Kier molecular flexibility index (Phi) is 7.18. The molecule has 0 N–H and O–H groups in total. The van der Waals surface area contributed by atoms with Crippen molar-refractivity contribution in [3.63, 3.8) is 0 Å². The van der Waals surface area contributed by atoms with Crippen LogP contribution in [0.3, 0.4) is 0 Å². The maximum Gasteiger partial charge on any atom is 0.0162 e. The van der Waals surface area contributed by atoms with E-state index in [1.54, 1.807) is 0 Å². The van der Waals surface area contributed by atoms with Gasteiger partial charge in [-0.15, -0.1) is 0 Å². The van der Waals surface area contributed by atoms with Gasteiger partial charge in [-0.3, -0.25) is 0 Å². The summed E-state index contributed by atoms with van der Waals surface area (Å²) >= 11 is 2.68. The molecule has 0 spiro atoms. The third kappa shape index (κ3) is 6.74. The first-order valence-corrected chi connectivity index (χ1v) is 8.43. The molecule has 18 heavy (non-hydrogen) atoms. The summed E-state index contributed by atoms with van der Waals surface area (Å²) in [5.41, 5.74) is 0.740. The molecule has 0 aromatic rings. The molecule has 0 aliphatic rings. The zero-order chi connectivity index (χ0) is 14.7. The second-order valence-electron chi connectivity index (χ2n) is 8.07. The van der Waals surface area contributed by atoms with E-state index in [0.717, 1.165) is 15.8 Å². The molecule has 0 saturated heterocycles. The fraction of sp³-hybridized carbons (Fsp3) is 1.00. The zero-order valence-electron chi connectivity index (χ0n) is 14.0. The average Bonchev–Trinajstić information content (AvgIpc) is 2.12. The fourth-order valence-electron chi connectivity index (χ4n) is 2.72. The quantitative estimate of drug-likeness (QED) is 0.459. The highest BCUT2D eigenvalue weighted by Crippen LogP contribution is 2.35. The normalized spacial score (nSPS) is 18.8. The van der Waals surface area contributed by atoms with Crippen LogP contribution in [0.2, 0.25) is 0 Å². The van der Waals surface area contributed by atoms with Gasteiger partial charge in [-0.2, -0.15) is 0 Å². The van der Waals surface area contributed by atoms with Crippen molar-refractivity contribution < 1.29 is 0 Å². The van der Waals surface area contributed by atoms with E-state index in [4.69, 9.17) is 0 Å². The highest BCUT2D eigenvalue weighted by Gasteiger charge is 2.30. The Morgan fingerprint density at radius 1 is 0.889 bits per heavy atom. The Bertz CT molecular complexity index is 240. The molecule has 0 aliphatic carbocycles. The lowest BCUT2D eigenvalue weighted by molar-refractivity contribution is 0.151. The Morgan fingerprint density at radius 2 is 1.28 bits per heavy atom. The average molecular weight is 367 g/mol. The lowest BCUT2D eigenvalue weighted by Crippen LogP contribution is -2.41. The maximum atomic E-state index is 2.68. The van der Waals surface area contributed by atoms with Gasteiger partial charge in [-0.1, -0.05) is 57.2 Å². The first kappa shape index (κ1) is 18.7. The minimum atomic E-state index is 0.296. The summed E-state index contributed by atoms with van der Waals surface area (Å²) < 4.78 is 0.765. The molecule has 0 amide bonds. The second-order valence-corrected chi connectivity index (χ2v) is 9.51. The van der Waals surface area contributed by atoms with Crippen LogP contribution >= 0.6 is 22.6 Å². The molecule has 0 aromatic carbocycles. The minimum absolute atomic E-state index is 0.296. The molecule has 1 nitrogen and oxygen atoms in total. The maximum absolute atomic E-state index is 2.68. The standard InChI is InChI=1S/C16H34IN/c1-12(10-15(3,4)5)14(17)13(2)11-16(6,7)18(8)9/h12-14H,10-11H2,1-9H3. The van der Waals surface area contributed by atoms with Gasteiger partial charge in [-0.25, -0.2) is 0 Å². The summed E-state index contributed by atoms with van der Waals surface area (Å²) in [6, 6.07) is 0.